The summed E-state index contributed by atoms with van der Waals surface area (Å²) in [5.41, 5.74) is 3.07. The van der Waals surface area contributed by atoms with E-state index < -0.39 is 0 Å². The average Bonchev–Trinajstić information content (AvgIpc) is 2.70. The lowest BCUT2D eigenvalue weighted by Gasteiger charge is -2.04. The maximum atomic E-state index is 12.3. The van der Waals surface area contributed by atoms with Crippen LogP contribution < -0.4 is 0 Å². The zero-order valence-electron chi connectivity index (χ0n) is 18.1. The third-order valence-electron chi connectivity index (χ3n) is 3.95. The SMILES string of the molecule is C.CC(C)c1ccc(F)cn1.CC(C)c1ccccn1.CC(C)c1ncccc1Cl. The zero-order chi connectivity index (χ0) is 21.8. The Kier molecular flexibility index (Phi) is 13.5. The fraction of sp³-hybridized carbons (Fsp3) is 0.400. The lowest BCUT2D eigenvalue weighted by molar-refractivity contribution is 0.617. The number of hydrogen-bond donors (Lipinski definition) is 0. The molecule has 5 heteroatoms. The molecule has 3 aromatic heterocycles. The predicted molar refractivity (Wildman–Crippen MR) is 127 cm³/mol. The van der Waals surface area contributed by atoms with E-state index in [1.165, 1.54) is 12.3 Å². The first-order valence-corrected chi connectivity index (χ1v) is 10.2. The van der Waals surface area contributed by atoms with Gasteiger partial charge in [0, 0.05) is 23.8 Å². The minimum absolute atomic E-state index is 0. The zero-order valence-corrected chi connectivity index (χ0v) is 18.9. The van der Waals surface area contributed by atoms with Crippen molar-refractivity contribution in [3.8, 4) is 0 Å². The molecule has 0 spiro atoms. The van der Waals surface area contributed by atoms with Crippen molar-refractivity contribution in [2.75, 3.05) is 0 Å². The molecule has 0 aliphatic heterocycles. The van der Waals surface area contributed by atoms with Gasteiger partial charge in [-0.2, -0.15) is 0 Å². The molecule has 3 aromatic rings. The van der Waals surface area contributed by atoms with Crippen LogP contribution in [0.3, 0.4) is 0 Å². The van der Waals surface area contributed by atoms with E-state index in [0.717, 1.165) is 22.1 Å². The van der Waals surface area contributed by atoms with Crippen LogP contribution in [0.15, 0.2) is 61.1 Å². The van der Waals surface area contributed by atoms with E-state index >= 15 is 0 Å². The molecule has 0 fully saturated rings. The van der Waals surface area contributed by atoms with E-state index in [-0.39, 0.29) is 13.2 Å². The molecule has 0 aliphatic rings. The van der Waals surface area contributed by atoms with E-state index in [2.05, 4.69) is 42.6 Å². The summed E-state index contributed by atoms with van der Waals surface area (Å²) in [5, 5.41) is 0.762. The summed E-state index contributed by atoms with van der Waals surface area (Å²) in [4.78, 5) is 12.2. The van der Waals surface area contributed by atoms with Crippen molar-refractivity contribution >= 4 is 11.6 Å². The maximum Gasteiger partial charge on any atom is 0.141 e. The lowest BCUT2D eigenvalue weighted by Crippen LogP contribution is -1.91. The molecular weight excluding hydrogens is 397 g/mol. The van der Waals surface area contributed by atoms with Gasteiger partial charge in [-0.1, -0.05) is 66.6 Å². The van der Waals surface area contributed by atoms with Gasteiger partial charge in [-0.15, -0.1) is 0 Å². The number of halogens is 2. The number of pyridine rings is 3. The van der Waals surface area contributed by atoms with E-state index in [9.17, 15) is 4.39 Å². The molecule has 0 amide bonds. The Morgan fingerprint density at radius 2 is 1.30 bits per heavy atom. The minimum atomic E-state index is -0.274. The molecule has 30 heavy (non-hydrogen) atoms. The van der Waals surface area contributed by atoms with E-state index in [4.69, 9.17) is 11.6 Å². The number of nitrogens with zero attached hydrogens (tertiary/aromatic N) is 3. The van der Waals surface area contributed by atoms with Crippen LogP contribution in [0.5, 0.6) is 0 Å². The monoisotopic (exact) mass is 431 g/mol. The quantitative estimate of drug-likeness (QED) is 0.421. The summed E-state index contributed by atoms with van der Waals surface area (Å²) in [5.74, 6) is 1.06. The standard InChI is InChI=1S/C8H10ClN.C8H10FN.C8H11N.CH4/c1-6(2)8-7(9)4-3-5-10-8;1-6(2)8-4-3-7(9)5-10-8;1-7(2)8-5-3-4-6-9-8;/h2*3-6H,1-2H3;3-7H,1-2H3;1H4. The Balaban J connectivity index is 0.000000414. The highest BCUT2D eigenvalue weighted by Gasteiger charge is 2.03. The van der Waals surface area contributed by atoms with E-state index in [0.29, 0.717) is 17.8 Å². The van der Waals surface area contributed by atoms with Crippen LogP contribution in [0.1, 0.15) is 83.8 Å². The largest absolute Gasteiger partial charge is 0.261 e. The molecule has 0 aromatic carbocycles. The maximum absolute atomic E-state index is 12.3. The normalized spacial score (nSPS) is 9.97. The number of rotatable bonds is 3. The van der Waals surface area contributed by atoms with Crippen molar-refractivity contribution in [1.29, 1.82) is 0 Å². The van der Waals surface area contributed by atoms with Gasteiger partial charge in [-0.3, -0.25) is 15.0 Å². The molecule has 3 nitrogen and oxygen atoms in total. The molecule has 0 atom stereocenters. The molecule has 3 rings (SSSR count). The number of aromatic nitrogens is 3. The summed E-state index contributed by atoms with van der Waals surface area (Å²) in [7, 11) is 0. The second-order valence-electron chi connectivity index (χ2n) is 7.49. The Hall–Kier alpha value is -2.33. The molecular formula is C25H35ClFN3. The summed E-state index contributed by atoms with van der Waals surface area (Å²) in [6, 6.07) is 12.8. The summed E-state index contributed by atoms with van der Waals surface area (Å²) in [6.45, 7) is 12.5. The Labute approximate surface area is 186 Å². The van der Waals surface area contributed by atoms with Gasteiger partial charge in [0.25, 0.3) is 0 Å². The first kappa shape index (κ1) is 27.7. The van der Waals surface area contributed by atoms with Crippen molar-refractivity contribution in [1.82, 2.24) is 15.0 Å². The van der Waals surface area contributed by atoms with Crippen molar-refractivity contribution in [2.45, 2.75) is 66.7 Å². The summed E-state index contributed by atoms with van der Waals surface area (Å²) < 4.78 is 12.3. The summed E-state index contributed by atoms with van der Waals surface area (Å²) in [6.07, 6.45) is 4.84. The smallest absolute Gasteiger partial charge is 0.141 e. The van der Waals surface area contributed by atoms with Crippen molar-refractivity contribution in [3.05, 3.63) is 89.0 Å². The fourth-order valence-electron chi connectivity index (χ4n) is 2.27. The van der Waals surface area contributed by atoms with Gasteiger partial charge in [-0.25, -0.2) is 4.39 Å². The molecule has 0 unspecified atom stereocenters. The van der Waals surface area contributed by atoms with Crippen LogP contribution >= 0.6 is 11.6 Å². The van der Waals surface area contributed by atoms with Crippen molar-refractivity contribution in [2.24, 2.45) is 0 Å². The van der Waals surface area contributed by atoms with Crippen LogP contribution in [0.2, 0.25) is 5.02 Å². The lowest BCUT2D eigenvalue weighted by atomic mass is 10.1. The van der Waals surface area contributed by atoms with Gasteiger partial charge in [0.05, 0.1) is 16.9 Å². The van der Waals surface area contributed by atoms with E-state index in [1.54, 1.807) is 12.3 Å². The van der Waals surface area contributed by atoms with Gasteiger partial charge >= 0.3 is 0 Å². The van der Waals surface area contributed by atoms with Crippen LogP contribution in [0.25, 0.3) is 0 Å². The van der Waals surface area contributed by atoms with Gasteiger partial charge in [0.2, 0.25) is 0 Å². The molecule has 0 N–H and O–H groups in total. The minimum Gasteiger partial charge on any atom is -0.261 e. The Bertz CT molecular complexity index is 819. The van der Waals surface area contributed by atoms with E-state index in [1.807, 2.05) is 50.4 Å². The molecule has 0 saturated heterocycles. The third kappa shape index (κ3) is 10.4. The molecule has 0 saturated carbocycles. The molecule has 0 radical (unpaired) electrons. The second-order valence-corrected chi connectivity index (χ2v) is 7.90. The Morgan fingerprint density at radius 1 is 0.700 bits per heavy atom. The highest BCUT2D eigenvalue weighted by atomic mass is 35.5. The third-order valence-corrected chi connectivity index (χ3v) is 4.27. The van der Waals surface area contributed by atoms with Crippen LogP contribution in [-0.2, 0) is 0 Å². The van der Waals surface area contributed by atoms with Crippen LogP contribution in [0.4, 0.5) is 4.39 Å². The molecule has 0 aliphatic carbocycles. The van der Waals surface area contributed by atoms with Gasteiger partial charge in [0.1, 0.15) is 5.82 Å². The van der Waals surface area contributed by atoms with Gasteiger partial charge in [0.15, 0.2) is 0 Å². The first-order valence-electron chi connectivity index (χ1n) is 9.85. The first-order chi connectivity index (χ1) is 13.7. The van der Waals surface area contributed by atoms with Crippen LogP contribution in [-0.4, -0.2) is 15.0 Å². The van der Waals surface area contributed by atoms with Crippen molar-refractivity contribution in [3.63, 3.8) is 0 Å². The highest BCUT2D eigenvalue weighted by molar-refractivity contribution is 6.31. The average molecular weight is 432 g/mol. The number of hydrogen-bond acceptors (Lipinski definition) is 3. The van der Waals surface area contributed by atoms with Crippen molar-refractivity contribution < 1.29 is 4.39 Å². The Morgan fingerprint density at radius 3 is 1.67 bits per heavy atom. The topological polar surface area (TPSA) is 38.7 Å². The fourth-order valence-corrected chi connectivity index (χ4v) is 2.61. The molecule has 0 bridgehead atoms. The van der Waals surface area contributed by atoms with Gasteiger partial charge < -0.3 is 0 Å². The second kappa shape index (κ2) is 14.6. The molecule has 164 valence electrons. The van der Waals surface area contributed by atoms with Crippen LogP contribution in [0, 0.1) is 5.82 Å². The predicted octanol–water partition coefficient (Wildman–Crippen LogP) is 8.04. The highest BCUT2D eigenvalue weighted by Crippen LogP contribution is 2.20. The van der Waals surface area contributed by atoms with Gasteiger partial charge in [-0.05, 0) is 54.2 Å². The molecule has 3 heterocycles. The summed E-state index contributed by atoms with van der Waals surface area (Å²) >= 11 is 5.86.